The first-order valence-electron chi connectivity index (χ1n) is 35.1. The number of quaternary nitrogens is 1. The summed E-state index contributed by atoms with van der Waals surface area (Å²) in [7, 11) is 5.97. The Bertz CT molecular complexity index is 1760. The Hall–Kier alpha value is -4.05. The molecule has 0 amide bonds. The van der Waals surface area contributed by atoms with Crippen LogP contribution in [0.15, 0.2) is 109 Å². The molecule has 9 nitrogen and oxygen atoms in total. The van der Waals surface area contributed by atoms with E-state index in [0.717, 1.165) is 109 Å². The summed E-state index contributed by atoms with van der Waals surface area (Å²) in [6.07, 6.45) is 89.3. The first kappa shape index (κ1) is 81.0. The lowest BCUT2D eigenvalue weighted by molar-refractivity contribution is -0.870. The van der Waals surface area contributed by atoms with Crippen LogP contribution in [0.3, 0.4) is 0 Å². The van der Waals surface area contributed by atoms with Crippen molar-refractivity contribution >= 4 is 17.9 Å². The first-order valence-corrected chi connectivity index (χ1v) is 35.1. The number of hydrogen-bond acceptors (Lipinski definition) is 7. The standard InChI is InChI=1S/C76H131NO8/c1-6-8-10-12-14-16-18-20-22-24-26-28-29-30-31-32-33-34-35-36-37-38-39-40-41-42-43-44-45-47-48-50-52-54-56-58-60-62-64-66-73(78)83-70-72(71-84-76(75(80)81)82-69-68-77(3,4)5)85-74(79)67-65-63-61-59-57-55-53-51-49-46-27-25-23-21-19-17-15-13-11-9-7-2/h8-11,14-17,20-23,26-28,46,51,53,72,76H,6-7,12-13,18-19,24-25,29-45,47-50,52,54-71H2,1-5H3/p+1/b10-8-,11-9-,16-14-,17-15-,22-20-,23-21-,28-26-,46-27-,53-51-. The fourth-order valence-corrected chi connectivity index (χ4v) is 9.74. The molecule has 0 aromatic carbocycles. The number of carbonyl (C=O) groups excluding carboxylic acids is 2. The molecule has 0 saturated carbocycles. The summed E-state index contributed by atoms with van der Waals surface area (Å²) in [5.74, 6) is -2.03. The van der Waals surface area contributed by atoms with E-state index >= 15 is 0 Å². The summed E-state index contributed by atoms with van der Waals surface area (Å²) in [6, 6.07) is 0. The van der Waals surface area contributed by atoms with E-state index in [9.17, 15) is 19.5 Å². The van der Waals surface area contributed by atoms with Crippen LogP contribution in [0.25, 0.3) is 0 Å². The lowest BCUT2D eigenvalue weighted by atomic mass is 10.0. The number of aliphatic carboxylic acids is 1. The first-order chi connectivity index (χ1) is 41.6. The molecule has 0 aliphatic carbocycles. The maximum atomic E-state index is 12.9. The fraction of sp³-hybridized carbons (Fsp3) is 0.724. The van der Waals surface area contributed by atoms with E-state index in [0.29, 0.717) is 23.9 Å². The van der Waals surface area contributed by atoms with Gasteiger partial charge >= 0.3 is 17.9 Å². The second-order valence-corrected chi connectivity index (χ2v) is 24.4. The summed E-state index contributed by atoms with van der Waals surface area (Å²) in [5, 5.41) is 9.73. The van der Waals surface area contributed by atoms with Crippen LogP contribution in [0.4, 0.5) is 0 Å². The third kappa shape index (κ3) is 67.3. The molecule has 488 valence electrons. The number of esters is 2. The van der Waals surface area contributed by atoms with Crippen LogP contribution in [0.5, 0.6) is 0 Å². The van der Waals surface area contributed by atoms with Crippen molar-refractivity contribution in [3.63, 3.8) is 0 Å². The van der Waals surface area contributed by atoms with Gasteiger partial charge in [0.2, 0.25) is 0 Å². The summed E-state index contributed by atoms with van der Waals surface area (Å²) in [5.41, 5.74) is 0. The average molecular weight is 1190 g/mol. The van der Waals surface area contributed by atoms with Crippen LogP contribution in [0.1, 0.15) is 296 Å². The molecular formula is C76H132NO8+. The van der Waals surface area contributed by atoms with Gasteiger partial charge in [0, 0.05) is 12.8 Å². The topological polar surface area (TPSA) is 108 Å². The third-order valence-corrected chi connectivity index (χ3v) is 15.0. The molecule has 0 aromatic rings. The SMILES string of the molecule is CC/C=C\C/C=C\C/C=C\C/C=C\C/C=C\CCCCCCCC(=O)OC(COC(=O)CCCCCCCCCCCCCCCCCCCCCCCCCCCC/C=C\C/C=C\C/C=C\C/C=C\CC)COC(OCC[N+](C)(C)C)C(=O)O. The molecule has 0 aromatic heterocycles. The van der Waals surface area contributed by atoms with Crippen molar-refractivity contribution in [2.75, 3.05) is 47.5 Å². The van der Waals surface area contributed by atoms with E-state index in [-0.39, 0.29) is 32.2 Å². The lowest BCUT2D eigenvalue weighted by Gasteiger charge is -2.25. The van der Waals surface area contributed by atoms with Gasteiger partial charge in [-0.1, -0.05) is 297 Å². The molecule has 0 bridgehead atoms. The van der Waals surface area contributed by atoms with Crippen LogP contribution in [0.2, 0.25) is 0 Å². The number of hydrogen-bond donors (Lipinski definition) is 1. The number of ether oxygens (including phenoxy) is 4. The Morgan fingerprint density at radius 1 is 0.353 bits per heavy atom. The number of nitrogens with zero attached hydrogens (tertiary/aromatic N) is 1. The van der Waals surface area contributed by atoms with Crippen molar-refractivity contribution in [2.45, 2.75) is 309 Å². The number of unbranched alkanes of at least 4 members (excludes halogenated alkanes) is 31. The van der Waals surface area contributed by atoms with E-state index in [1.807, 2.05) is 21.1 Å². The van der Waals surface area contributed by atoms with E-state index in [2.05, 4.69) is 123 Å². The Morgan fingerprint density at radius 3 is 0.941 bits per heavy atom. The molecule has 0 heterocycles. The number of likely N-dealkylation sites (N-methyl/N-ethyl adjacent to an activating group) is 1. The maximum Gasteiger partial charge on any atom is 0.361 e. The predicted octanol–water partition coefficient (Wildman–Crippen LogP) is 21.8. The van der Waals surface area contributed by atoms with E-state index in [4.69, 9.17) is 18.9 Å². The van der Waals surface area contributed by atoms with Crippen molar-refractivity contribution in [3.05, 3.63) is 109 Å². The van der Waals surface area contributed by atoms with Crippen LogP contribution >= 0.6 is 0 Å². The van der Waals surface area contributed by atoms with Gasteiger partial charge in [0.1, 0.15) is 13.2 Å². The predicted molar refractivity (Wildman–Crippen MR) is 364 cm³/mol. The van der Waals surface area contributed by atoms with Crippen molar-refractivity contribution in [3.8, 4) is 0 Å². The molecule has 85 heavy (non-hydrogen) atoms. The van der Waals surface area contributed by atoms with Gasteiger partial charge < -0.3 is 28.5 Å². The largest absolute Gasteiger partial charge is 0.477 e. The summed E-state index contributed by atoms with van der Waals surface area (Å²) < 4.78 is 22.9. The molecule has 1 N–H and O–H groups in total. The Labute approximate surface area is 524 Å². The maximum absolute atomic E-state index is 12.9. The van der Waals surface area contributed by atoms with Crippen LogP contribution in [0, 0.1) is 0 Å². The zero-order chi connectivity index (χ0) is 61.9. The third-order valence-electron chi connectivity index (χ3n) is 15.0. The van der Waals surface area contributed by atoms with Gasteiger partial charge in [0.25, 0.3) is 6.29 Å². The molecule has 2 unspecified atom stereocenters. The highest BCUT2D eigenvalue weighted by Gasteiger charge is 2.25. The molecule has 0 fully saturated rings. The minimum absolute atomic E-state index is 0.180. The number of carboxylic acids is 1. The number of rotatable bonds is 64. The second-order valence-electron chi connectivity index (χ2n) is 24.4. The Balaban J connectivity index is 4.02. The number of allylic oxidation sites excluding steroid dienone is 18. The molecule has 0 saturated heterocycles. The van der Waals surface area contributed by atoms with E-state index < -0.39 is 24.3 Å². The Morgan fingerprint density at radius 2 is 0.635 bits per heavy atom. The molecule has 0 aliphatic rings. The minimum Gasteiger partial charge on any atom is -0.477 e. The molecule has 0 rings (SSSR count). The molecule has 0 spiro atoms. The molecule has 0 radical (unpaired) electrons. The van der Waals surface area contributed by atoms with Gasteiger partial charge in [-0.25, -0.2) is 4.79 Å². The molecular weight excluding hydrogens is 1050 g/mol. The molecule has 0 aliphatic heterocycles. The highest BCUT2D eigenvalue weighted by Crippen LogP contribution is 2.18. The van der Waals surface area contributed by atoms with Crippen molar-refractivity contribution in [1.29, 1.82) is 0 Å². The smallest absolute Gasteiger partial charge is 0.361 e. The lowest BCUT2D eigenvalue weighted by Crippen LogP contribution is -2.40. The van der Waals surface area contributed by atoms with Crippen LogP contribution < -0.4 is 0 Å². The normalized spacial score (nSPS) is 13.4. The summed E-state index contributed by atoms with van der Waals surface area (Å²) in [4.78, 5) is 37.6. The van der Waals surface area contributed by atoms with E-state index in [1.54, 1.807) is 0 Å². The Kier molecular flexibility index (Phi) is 62.8. The molecule has 2 atom stereocenters. The van der Waals surface area contributed by atoms with Crippen LogP contribution in [-0.4, -0.2) is 87.4 Å². The fourth-order valence-electron chi connectivity index (χ4n) is 9.74. The second kappa shape index (κ2) is 65.9. The van der Waals surface area contributed by atoms with Gasteiger partial charge in [-0.2, -0.15) is 0 Å². The van der Waals surface area contributed by atoms with Crippen molar-refractivity contribution in [1.82, 2.24) is 0 Å². The highest BCUT2D eigenvalue weighted by atomic mass is 16.7. The van der Waals surface area contributed by atoms with Gasteiger partial charge in [0.15, 0.2) is 6.10 Å². The zero-order valence-corrected chi connectivity index (χ0v) is 55.7. The van der Waals surface area contributed by atoms with Crippen molar-refractivity contribution in [2.24, 2.45) is 0 Å². The van der Waals surface area contributed by atoms with Gasteiger partial charge in [-0.05, 0) is 96.3 Å². The quantitative estimate of drug-likeness (QED) is 0.0211. The van der Waals surface area contributed by atoms with Crippen molar-refractivity contribution < 1.29 is 42.9 Å². The van der Waals surface area contributed by atoms with Gasteiger partial charge in [-0.3, -0.25) is 9.59 Å². The van der Waals surface area contributed by atoms with E-state index in [1.165, 1.54) is 154 Å². The van der Waals surface area contributed by atoms with Gasteiger partial charge in [-0.15, -0.1) is 0 Å². The number of carboxylic acid groups (broad SMARTS) is 1. The zero-order valence-electron chi connectivity index (χ0n) is 55.7. The minimum atomic E-state index is -1.52. The summed E-state index contributed by atoms with van der Waals surface area (Å²) in [6.45, 7) is 4.65. The summed E-state index contributed by atoms with van der Waals surface area (Å²) >= 11 is 0. The highest BCUT2D eigenvalue weighted by molar-refractivity contribution is 5.71. The van der Waals surface area contributed by atoms with Gasteiger partial charge in [0.05, 0.1) is 34.4 Å². The number of carbonyl (C=O) groups is 3. The monoisotopic (exact) mass is 1190 g/mol. The van der Waals surface area contributed by atoms with Crippen LogP contribution in [-0.2, 0) is 33.3 Å². The average Bonchev–Trinajstić information content (AvgIpc) is 3.48. The molecule has 9 heteroatoms.